The lowest BCUT2D eigenvalue weighted by atomic mass is 9.75. The summed E-state index contributed by atoms with van der Waals surface area (Å²) in [7, 11) is 0. The first kappa shape index (κ1) is 16.6. The van der Waals surface area contributed by atoms with E-state index in [-0.39, 0.29) is 0 Å². The first-order valence-corrected chi connectivity index (χ1v) is 9.38. The Bertz CT molecular complexity index is 335. The highest BCUT2D eigenvalue weighted by atomic mass is 14.3. The van der Waals surface area contributed by atoms with Crippen molar-refractivity contribution in [2.45, 2.75) is 84.0 Å². The Morgan fingerprint density at radius 3 is 1.76 bits per heavy atom. The first-order valence-electron chi connectivity index (χ1n) is 9.38. The van der Waals surface area contributed by atoms with Crippen LogP contribution in [0.2, 0.25) is 0 Å². The van der Waals surface area contributed by atoms with E-state index in [9.17, 15) is 0 Å². The van der Waals surface area contributed by atoms with E-state index in [4.69, 9.17) is 5.26 Å². The highest BCUT2D eigenvalue weighted by Crippen LogP contribution is 2.37. The van der Waals surface area contributed by atoms with Crippen molar-refractivity contribution in [2.24, 2.45) is 23.7 Å². The normalized spacial score (nSPS) is 33.9. The van der Waals surface area contributed by atoms with Crippen LogP contribution in [0.25, 0.3) is 0 Å². The number of hydrogen-bond donors (Lipinski definition) is 0. The van der Waals surface area contributed by atoms with Crippen molar-refractivity contribution in [3.05, 3.63) is 12.2 Å². The van der Waals surface area contributed by atoms with Crippen molar-refractivity contribution in [2.75, 3.05) is 0 Å². The fourth-order valence-corrected chi connectivity index (χ4v) is 4.54. The van der Waals surface area contributed by atoms with E-state index in [1.54, 1.807) is 6.08 Å². The SMILES string of the molecule is CCC[C@H]1CC[C@H](CC[C@H]2CC[C@H](C=CC#N)CC2)CC1. The van der Waals surface area contributed by atoms with Gasteiger partial charge >= 0.3 is 0 Å². The number of rotatable bonds is 6. The number of allylic oxidation sites excluding steroid dienone is 2. The summed E-state index contributed by atoms with van der Waals surface area (Å²) in [5.74, 6) is 3.75. The van der Waals surface area contributed by atoms with Crippen molar-refractivity contribution >= 4 is 0 Å². The summed E-state index contributed by atoms with van der Waals surface area (Å²) < 4.78 is 0. The third kappa shape index (κ3) is 5.85. The zero-order valence-electron chi connectivity index (χ0n) is 13.9. The molecule has 21 heavy (non-hydrogen) atoms. The standard InChI is InChI=1S/C20H33N/c1-2-4-17-6-10-19(11-7-17)14-15-20-12-8-18(9-13-20)5-3-16-21/h3,5,17-20H,2,4,6-15H2,1H3/t17-,18-,19-,20-. The molecular weight excluding hydrogens is 254 g/mol. The smallest absolute Gasteiger partial charge is 0.0908 e. The number of hydrogen-bond acceptors (Lipinski definition) is 1. The molecule has 0 aromatic carbocycles. The van der Waals surface area contributed by atoms with Crippen molar-refractivity contribution < 1.29 is 0 Å². The van der Waals surface area contributed by atoms with Gasteiger partial charge in [0.15, 0.2) is 0 Å². The topological polar surface area (TPSA) is 23.8 Å². The minimum absolute atomic E-state index is 0.686. The van der Waals surface area contributed by atoms with Crippen molar-refractivity contribution in [3.63, 3.8) is 0 Å². The average molecular weight is 287 g/mol. The molecule has 0 spiro atoms. The van der Waals surface area contributed by atoms with Gasteiger partial charge in [-0.05, 0) is 49.4 Å². The van der Waals surface area contributed by atoms with Crippen LogP contribution in [0.5, 0.6) is 0 Å². The molecule has 2 rings (SSSR count). The van der Waals surface area contributed by atoms with E-state index < -0.39 is 0 Å². The fourth-order valence-electron chi connectivity index (χ4n) is 4.54. The third-order valence-corrected chi connectivity index (χ3v) is 5.98. The summed E-state index contributed by atoms with van der Waals surface area (Å²) in [6.45, 7) is 2.33. The zero-order chi connectivity index (χ0) is 14.9. The van der Waals surface area contributed by atoms with Crippen LogP contribution >= 0.6 is 0 Å². The van der Waals surface area contributed by atoms with Gasteiger partial charge in [0.25, 0.3) is 0 Å². The second-order valence-corrected chi connectivity index (χ2v) is 7.52. The van der Waals surface area contributed by atoms with Gasteiger partial charge in [0, 0.05) is 6.08 Å². The predicted octanol–water partition coefficient (Wildman–Crippen LogP) is 6.26. The second kappa shape index (κ2) is 9.29. The minimum Gasteiger partial charge on any atom is -0.193 e. The van der Waals surface area contributed by atoms with Crippen LogP contribution < -0.4 is 0 Å². The predicted molar refractivity (Wildman–Crippen MR) is 89.8 cm³/mol. The Morgan fingerprint density at radius 1 is 0.810 bits per heavy atom. The molecule has 0 aromatic heterocycles. The molecule has 2 aliphatic rings. The molecular formula is C20H33N. The van der Waals surface area contributed by atoms with Crippen molar-refractivity contribution in [3.8, 4) is 6.07 Å². The highest BCUT2D eigenvalue weighted by molar-refractivity contribution is 5.04. The summed E-state index contributed by atoms with van der Waals surface area (Å²) in [6, 6.07) is 2.13. The van der Waals surface area contributed by atoms with Gasteiger partial charge in [-0.25, -0.2) is 0 Å². The molecule has 0 bridgehead atoms. The molecule has 2 fully saturated rings. The molecule has 0 saturated heterocycles. The molecule has 1 nitrogen and oxygen atoms in total. The molecule has 0 amide bonds. The number of nitriles is 1. The molecule has 0 unspecified atom stereocenters. The van der Waals surface area contributed by atoms with Crippen LogP contribution in [0, 0.1) is 35.0 Å². The van der Waals surface area contributed by atoms with E-state index in [1.807, 2.05) is 0 Å². The summed E-state index contributed by atoms with van der Waals surface area (Å²) in [6.07, 6.45) is 21.0. The van der Waals surface area contributed by atoms with Gasteiger partial charge in [-0.1, -0.05) is 64.4 Å². The molecule has 0 heterocycles. The molecule has 118 valence electrons. The van der Waals surface area contributed by atoms with Gasteiger partial charge in [-0.3, -0.25) is 0 Å². The molecule has 1 heteroatoms. The van der Waals surface area contributed by atoms with Gasteiger partial charge in [-0.15, -0.1) is 0 Å². The second-order valence-electron chi connectivity index (χ2n) is 7.52. The Labute approximate surface area is 131 Å². The maximum Gasteiger partial charge on any atom is 0.0908 e. The van der Waals surface area contributed by atoms with E-state index in [2.05, 4.69) is 19.1 Å². The van der Waals surface area contributed by atoms with Crippen LogP contribution in [-0.4, -0.2) is 0 Å². The minimum atomic E-state index is 0.686. The quantitative estimate of drug-likeness (QED) is 0.529. The maximum absolute atomic E-state index is 8.59. The molecule has 0 atom stereocenters. The van der Waals surface area contributed by atoms with Crippen molar-refractivity contribution in [1.29, 1.82) is 5.26 Å². The average Bonchev–Trinajstić information content (AvgIpc) is 2.53. The van der Waals surface area contributed by atoms with Gasteiger partial charge < -0.3 is 0 Å². The summed E-state index contributed by atoms with van der Waals surface area (Å²) in [5.41, 5.74) is 0. The van der Waals surface area contributed by atoms with E-state index in [1.165, 1.54) is 77.0 Å². The first-order chi connectivity index (χ1) is 10.3. The lowest BCUT2D eigenvalue weighted by Gasteiger charge is -2.31. The zero-order valence-corrected chi connectivity index (χ0v) is 13.9. The van der Waals surface area contributed by atoms with Gasteiger partial charge in [0.2, 0.25) is 0 Å². The molecule has 2 saturated carbocycles. The molecule has 0 radical (unpaired) electrons. The fraction of sp³-hybridized carbons (Fsp3) is 0.850. The number of nitrogens with zero attached hydrogens (tertiary/aromatic N) is 1. The van der Waals surface area contributed by atoms with Crippen LogP contribution in [0.1, 0.15) is 84.0 Å². The Morgan fingerprint density at radius 2 is 1.29 bits per heavy atom. The van der Waals surface area contributed by atoms with Gasteiger partial charge in [0.05, 0.1) is 6.07 Å². The Balaban J connectivity index is 1.58. The molecule has 0 aliphatic heterocycles. The monoisotopic (exact) mass is 287 g/mol. The largest absolute Gasteiger partial charge is 0.193 e. The summed E-state index contributed by atoms with van der Waals surface area (Å²) in [5, 5.41) is 8.59. The third-order valence-electron chi connectivity index (χ3n) is 5.98. The molecule has 2 aliphatic carbocycles. The van der Waals surface area contributed by atoms with Crippen LogP contribution in [-0.2, 0) is 0 Å². The van der Waals surface area contributed by atoms with E-state index in [0.717, 1.165) is 17.8 Å². The van der Waals surface area contributed by atoms with Gasteiger partial charge in [0.1, 0.15) is 0 Å². The van der Waals surface area contributed by atoms with E-state index in [0.29, 0.717) is 5.92 Å². The highest BCUT2D eigenvalue weighted by Gasteiger charge is 2.23. The van der Waals surface area contributed by atoms with Crippen LogP contribution in [0.15, 0.2) is 12.2 Å². The Kier molecular flexibility index (Phi) is 7.34. The van der Waals surface area contributed by atoms with Crippen molar-refractivity contribution in [1.82, 2.24) is 0 Å². The molecule has 0 aromatic rings. The van der Waals surface area contributed by atoms with E-state index >= 15 is 0 Å². The van der Waals surface area contributed by atoms with Gasteiger partial charge in [-0.2, -0.15) is 5.26 Å². The maximum atomic E-state index is 8.59. The molecule has 0 N–H and O–H groups in total. The van der Waals surface area contributed by atoms with Crippen LogP contribution in [0.4, 0.5) is 0 Å². The van der Waals surface area contributed by atoms with Crippen LogP contribution in [0.3, 0.4) is 0 Å². The summed E-state index contributed by atoms with van der Waals surface area (Å²) in [4.78, 5) is 0. The lowest BCUT2D eigenvalue weighted by Crippen LogP contribution is -2.17. The summed E-state index contributed by atoms with van der Waals surface area (Å²) >= 11 is 0. The lowest BCUT2D eigenvalue weighted by molar-refractivity contribution is 0.221. The Hall–Kier alpha value is -0.770.